The molecule has 2 aromatic heterocycles. The molecule has 6 heteroatoms. The maximum Gasteiger partial charge on any atom is 0.354 e. The maximum atomic E-state index is 13.1. The molecule has 0 amide bonds. The average Bonchev–Trinajstić information content (AvgIpc) is 3.25. The van der Waals surface area contributed by atoms with Crippen LogP contribution in [0.1, 0.15) is 10.5 Å². The van der Waals surface area contributed by atoms with Crippen LogP contribution >= 0.6 is 0 Å². The number of hydrogen-bond donors (Lipinski definition) is 1. The van der Waals surface area contributed by atoms with Gasteiger partial charge in [-0.05, 0) is 78.2 Å². The minimum absolute atomic E-state index is 0.0399. The first-order valence-electron chi connectivity index (χ1n) is 9.92. The van der Waals surface area contributed by atoms with Crippen LogP contribution in [-0.2, 0) is 0 Å². The minimum atomic E-state index is -1.10. The Labute approximate surface area is 183 Å². The molecular formula is C26H17FN2O3. The van der Waals surface area contributed by atoms with E-state index in [1.165, 1.54) is 12.1 Å². The van der Waals surface area contributed by atoms with Crippen molar-refractivity contribution in [1.29, 1.82) is 0 Å². The van der Waals surface area contributed by atoms with Crippen molar-refractivity contribution in [2.75, 3.05) is 0 Å². The fraction of sp³-hybridized carbons (Fsp3) is 0. The summed E-state index contributed by atoms with van der Waals surface area (Å²) in [6.07, 6.45) is 1.91. The van der Waals surface area contributed by atoms with E-state index in [9.17, 15) is 14.3 Å². The molecule has 5 aromatic rings. The monoisotopic (exact) mass is 424 g/mol. The zero-order valence-electron chi connectivity index (χ0n) is 16.8. The Bertz CT molecular complexity index is 1420. The second-order valence-electron chi connectivity index (χ2n) is 7.23. The summed E-state index contributed by atoms with van der Waals surface area (Å²) in [5.74, 6) is -0.331. The van der Waals surface area contributed by atoms with E-state index in [2.05, 4.69) is 4.98 Å². The van der Waals surface area contributed by atoms with Crippen LogP contribution < -0.4 is 4.74 Å². The van der Waals surface area contributed by atoms with Crippen molar-refractivity contribution >= 4 is 16.9 Å². The summed E-state index contributed by atoms with van der Waals surface area (Å²) < 4.78 is 20.7. The highest BCUT2D eigenvalue weighted by atomic mass is 19.1. The number of carboxylic acid groups (broad SMARTS) is 1. The summed E-state index contributed by atoms with van der Waals surface area (Å²) in [5, 5.41) is 10.7. The number of fused-ring (bicyclic) bond motifs is 1. The van der Waals surface area contributed by atoms with Gasteiger partial charge >= 0.3 is 5.97 Å². The molecule has 0 aliphatic heterocycles. The van der Waals surface area contributed by atoms with Gasteiger partial charge in [0, 0.05) is 11.8 Å². The van der Waals surface area contributed by atoms with Crippen molar-refractivity contribution in [3.8, 4) is 28.4 Å². The zero-order valence-corrected chi connectivity index (χ0v) is 16.8. The molecule has 0 fully saturated rings. The molecule has 3 aromatic carbocycles. The van der Waals surface area contributed by atoms with E-state index in [0.717, 1.165) is 16.5 Å². The van der Waals surface area contributed by atoms with Crippen LogP contribution in [0.15, 0.2) is 97.2 Å². The topological polar surface area (TPSA) is 64.3 Å². The van der Waals surface area contributed by atoms with Crippen molar-refractivity contribution in [1.82, 2.24) is 9.55 Å². The fourth-order valence-electron chi connectivity index (χ4n) is 3.55. The molecule has 0 bridgehead atoms. The van der Waals surface area contributed by atoms with E-state index in [1.54, 1.807) is 30.3 Å². The number of carbonyl (C=O) groups is 1. The Morgan fingerprint density at radius 3 is 2.28 bits per heavy atom. The first-order valence-corrected chi connectivity index (χ1v) is 9.92. The van der Waals surface area contributed by atoms with E-state index < -0.39 is 5.97 Å². The molecule has 0 unspecified atom stereocenters. The molecule has 0 spiro atoms. The average molecular weight is 424 g/mol. The Balaban J connectivity index is 1.51. The van der Waals surface area contributed by atoms with Gasteiger partial charge in [0.25, 0.3) is 0 Å². The largest absolute Gasteiger partial charge is 0.477 e. The number of para-hydroxylation sites is 1. The van der Waals surface area contributed by atoms with Gasteiger partial charge in [0.1, 0.15) is 17.3 Å². The lowest BCUT2D eigenvalue weighted by Crippen LogP contribution is -2.04. The van der Waals surface area contributed by atoms with Gasteiger partial charge in [-0.25, -0.2) is 14.2 Å². The number of rotatable bonds is 5. The lowest BCUT2D eigenvalue weighted by Gasteiger charge is -2.11. The maximum absolute atomic E-state index is 13.1. The molecule has 1 N–H and O–H groups in total. The number of nitrogens with zero attached hydrogens (tertiary/aromatic N) is 2. The molecular weight excluding hydrogens is 407 g/mol. The number of halogens is 1. The molecule has 5 rings (SSSR count). The lowest BCUT2D eigenvalue weighted by atomic mass is 10.1. The predicted molar refractivity (Wildman–Crippen MR) is 120 cm³/mol. The number of ether oxygens (including phenoxy) is 1. The third-order valence-electron chi connectivity index (χ3n) is 5.11. The van der Waals surface area contributed by atoms with Crippen LogP contribution in [0.25, 0.3) is 27.8 Å². The normalized spacial score (nSPS) is 10.9. The third-order valence-corrected chi connectivity index (χ3v) is 5.11. The molecule has 0 aliphatic rings. The number of pyridine rings is 1. The minimum Gasteiger partial charge on any atom is -0.477 e. The van der Waals surface area contributed by atoms with E-state index in [-0.39, 0.29) is 11.5 Å². The van der Waals surface area contributed by atoms with Crippen molar-refractivity contribution in [3.05, 3.63) is 109 Å². The standard InChI is InChI=1S/C26H17FN2O3/c27-19-7-11-22(12-8-19)32-21-9-5-17(6-10-21)23-15-20(16-24(28-23)26(30)31)29-14-13-18-3-1-2-4-25(18)29/h1-16H,(H,30,31). The molecule has 0 atom stereocenters. The van der Waals surface area contributed by atoms with Crippen molar-refractivity contribution in [2.45, 2.75) is 0 Å². The van der Waals surface area contributed by atoms with Gasteiger partial charge in [0.05, 0.1) is 16.9 Å². The Morgan fingerprint density at radius 2 is 1.56 bits per heavy atom. The summed E-state index contributed by atoms with van der Waals surface area (Å²) in [7, 11) is 0. The summed E-state index contributed by atoms with van der Waals surface area (Å²) in [5.41, 5.74) is 2.93. The summed E-state index contributed by atoms with van der Waals surface area (Å²) >= 11 is 0. The van der Waals surface area contributed by atoms with Gasteiger partial charge in [-0.1, -0.05) is 18.2 Å². The van der Waals surface area contributed by atoms with Crippen LogP contribution in [0.2, 0.25) is 0 Å². The first kappa shape index (κ1) is 19.5. The lowest BCUT2D eigenvalue weighted by molar-refractivity contribution is 0.0690. The van der Waals surface area contributed by atoms with Crippen molar-refractivity contribution < 1.29 is 19.0 Å². The van der Waals surface area contributed by atoms with E-state index >= 15 is 0 Å². The molecule has 0 aliphatic carbocycles. The van der Waals surface area contributed by atoms with E-state index in [4.69, 9.17) is 4.74 Å². The Hall–Kier alpha value is -4.45. The first-order chi connectivity index (χ1) is 15.6. The fourth-order valence-corrected chi connectivity index (χ4v) is 3.55. The number of carboxylic acids is 1. The van der Waals surface area contributed by atoms with Crippen LogP contribution in [0.5, 0.6) is 11.5 Å². The van der Waals surface area contributed by atoms with E-state index in [1.807, 2.05) is 59.3 Å². The second-order valence-corrected chi connectivity index (χ2v) is 7.23. The number of aromatic carboxylic acids is 1. The SMILES string of the molecule is O=C(O)c1cc(-n2ccc3ccccc32)cc(-c2ccc(Oc3ccc(F)cc3)cc2)n1. The van der Waals surface area contributed by atoms with Crippen LogP contribution in [0, 0.1) is 5.82 Å². The molecule has 156 valence electrons. The van der Waals surface area contributed by atoms with Gasteiger partial charge < -0.3 is 14.4 Å². The molecule has 0 saturated heterocycles. The van der Waals surface area contributed by atoms with Gasteiger partial charge in [-0.2, -0.15) is 0 Å². The Morgan fingerprint density at radius 1 is 0.875 bits per heavy atom. The summed E-state index contributed by atoms with van der Waals surface area (Å²) in [6, 6.07) is 26.2. The highest BCUT2D eigenvalue weighted by Gasteiger charge is 2.13. The highest BCUT2D eigenvalue weighted by Crippen LogP contribution is 2.28. The summed E-state index contributed by atoms with van der Waals surface area (Å²) in [4.78, 5) is 16.1. The number of benzene rings is 3. The molecule has 2 heterocycles. The second kappa shape index (κ2) is 8.00. The molecule has 0 saturated carbocycles. The quantitative estimate of drug-likeness (QED) is 0.358. The van der Waals surface area contributed by atoms with Gasteiger partial charge in [-0.3, -0.25) is 0 Å². The van der Waals surface area contributed by atoms with Crippen molar-refractivity contribution in [3.63, 3.8) is 0 Å². The Kier molecular flexibility index (Phi) is 4.88. The molecule has 0 radical (unpaired) electrons. The third kappa shape index (κ3) is 3.81. The highest BCUT2D eigenvalue weighted by molar-refractivity contribution is 5.88. The van der Waals surface area contributed by atoms with E-state index in [0.29, 0.717) is 22.9 Å². The van der Waals surface area contributed by atoms with Crippen LogP contribution in [0.3, 0.4) is 0 Å². The predicted octanol–water partition coefficient (Wildman–Crippen LogP) is 6.32. The number of aromatic nitrogens is 2. The summed E-state index contributed by atoms with van der Waals surface area (Å²) in [6.45, 7) is 0. The smallest absolute Gasteiger partial charge is 0.354 e. The molecule has 32 heavy (non-hydrogen) atoms. The van der Waals surface area contributed by atoms with Crippen molar-refractivity contribution in [2.24, 2.45) is 0 Å². The van der Waals surface area contributed by atoms with Gasteiger partial charge in [-0.15, -0.1) is 0 Å². The van der Waals surface area contributed by atoms with Crippen LogP contribution in [0.4, 0.5) is 4.39 Å². The van der Waals surface area contributed by atoms with Gasteiger partial charge in [0.2, 0.25) is 0 Å². The molecule has 5 nitrogen and oxygen atoms in total. The number of hydrogen-bond acceptors (Lipinski definition) is 3. The zero-order chi connectivity index (χ0) is 22.1. The van der Waals surface area contributed by atoms with Gasteiger partial charge in [0.15, 0.2) is 5.69 Å². The van der Waals surface area contributed by atoms with Crippen LogP contribution in [-0.4, -0.2) is 20.6 Å².